The molecule has 6 heteroatoms. The zero-order valence-corrected chi connectivity index (χ0v) is 12.6. The lowest BCUT2D eigenvalue weighted by Gasteiger charge is -2.11. The van der Waals surface area contributed by atoms with E-state index in [4.69, 9.17) is 16.3 Å². The number of benzene rings is 1. The Kier molecular flexibility index (Phi) is 5.11. The van der Waals surface area contributed by atoms with Gasteiger partial charge < -0.3 is 10.1 Å². The zero-order valence-electron chi connectivity index (χ0n) is 11.9. The minimum atomic E-state index is 0.152. The number of aldehydes is 1. The van der Waals surface area contributed by atoms with Gasteiger partial charge in [-0.3, -0.25) is 4.79 Å². The van der Waals surface area contributed by atoms with Gasteiger partial charge in [-0.1, -0.05) is 23.7 Å². The van der Waals surface area contributed by atoms with E-state index in [9.17, 15) is 4.79 Å². The molecule has 1 N–H and O–H groups in total. The highest BCUT2D eigenvalue weighted by molar-refractivity contribution is 6.32. The second-order valence-electron chi connectivity index (χ2n) is 4.53. The molecule has 1 heterocycles. The third-order valence-electron chi connectivity index (χ3n) is 2.78. The van der Waals surface area contributed by atoms with Crippen LogP contribution in [0.5, 0.6) is 5.75 Å². The fraction of sp³-hybridized carbons (Fsp3) is 0.267. The van der Waals surface area contributed by atoms with Crippen molar-refractivity contribution in [3.63, 3.8) is 0 Å². The third kappa shape index (κ3) is 4.16. The summed E-state index contributed by atoms with van der Waals surface area (Å²) in [7, 11) is 0. The number of aryl methyl sites for hydroxylation is 2. The van der Waals surface area contributed by atoms with Gasteiger partial charge in [0.15, 0.2) is 6.29 Å². The van der Waals surface area contributed by atoms with Crippen LogP contribution in [-0.4, -0.2) is 29.4 Å². The fourth-order valence-electron chi connectivity index (χ4n) is 1.83. The van der Waals surface area contributed by atoms with Crippen LogP contribution in [0.4, 0.5) is 5.82 Å². The van der Waals surface area contributed by atoms with Gasteiger partial charge >= 0.3 is 0 Å². The molecule has 21 heavy (non-hydrogen) atoms. The van der Waals surface area contributed by atoms with Gasteiger partial charge in [-0.25, -0.2) is 9.97 Å². The van der Waals surface area contributed by atoms with Crippen molar-refractivity contribution in [3.8, 4) is 5.75 Å². The molecule has 110 valence electrons. The summed E-state index contributed by atoms with van der Waals surface area (Å²) in [6, 6.07) is 7.81. The summed E-state index contributed by atoms with van der Waals surface area (Å²) in [5, 5.41) is 3.19. The molecule has 1 aromatic heterocycles. The van der Waals surface area contributed by atoms with Crippen molar-refractivity contribution in [2.24, 2.45) is 0 Å². The highest BCUT2D eigenvalue weighted by Crippen LogP contribution is 2.18. The van der Waals surface area contributed by atoms with Gasteiger partial charge in [0, 0.05) is 0 Å². The number of aromatic nitrogens is 2. The quantitative estimate of drug-likeness (QED) is 0.505. The molecule has 0 spiro atoms. The Bertz CT molecular complexity index is 647. The van der Waals surface area contributed by atoms with E-state index in [0.29, 0.717) is 31.1 Å². The van der Waals surface area contributed by atoms with Crippen LogP contribution >= 0.6 is 11.6 Å². The Labute approximate surface area is 128 Å². The van der Waals surface area contributed by atoms with Gasteiger partial charge in [-0.05, 0) is 31.5 Å². The molecule has 2 rings (SSSR count). The predicted molar refractivity (Wildman–Crippen MR) is 82.3 cm³/mol. The van der Waals surface area contributed by atoms with Crippen molar-refractivity contribution in [3.05, 3.63) is 46.4 Å². The monoisotopic (exact) mass is 305 g/mol. The summed E-state index contributed by atoms with van der Waals surface area (Å²) in [5.41, 5.74) is 1.40. The van der Waals surface area contributed by atoms with Crippen LogP contribution in [0, 0.1) is 13.8 Å². The minimum Gasteiger partial charge on any atom is -0.492 e. The highest BCUT2D eigenvalue weighted by atomic mass is 35.5. The average Bonchev–Trinajstić information content (AvgIpc) is 2.43. The smallest absolute Gasteiger partial charge is 0.156 e. The van der Waals surface area contributed by atoms with Gasteiger partial charge in [0.1, 0.15) is 29.2 Å². The van der Waals surface area contributed by atoms with Crippen LogP contribution in [0.2, 0.25) is 5.15 Å². The van der Waals surface area contributed by atoms with E-state index < -0.39 is 0 Å². The van der Waals surface area contributed by atoms with E-state index in [1.54, 1.807) is 6.92 Å². The molecule has 0 atom stereocenters. The van der Waals surface area contributed by atoms with E-state index in [-0.39, 0.29) is 10.7 Å². The number of anilines is 1. The number of hydrogen-bond acceptors (Lipinski definition) is 5. The molecule has 0 aliphatic carbocycles. The number of carbonyl (C=O) groups excluding carboxylic acids is 1. The number of carbonyl (C=O) groups is 1. The SMILES string of the molecule is Cc1cccc(OCCNc2nc(C)nc(Cl)c2C=O)c1. The van der Waals surface area contributed by atoms with E-state index in [1.165, 1.54) is 0 Å². The second kappa shape index (κ2) is 7.04. The highest BCUT2D eigenvalue weighted by Gasteiger charge is 2.10. The standard InChI is InChI=1S/C15H16ClN3O2/c1-10-4-3-5-12(8-10)21-7-6-17-15-13(9-20)14(16)18-11(2)19-15/h3-5,8-9H,6-7H2,1-2H3,(H,17,18,19). The lowest BCUT2D eigenvalue weighted by atomic mass is 10.2. The Balaban J connectivity index is 1.93. The van der Waals surface area contributed by atoms with Crippen LogP contribution in [0.1, 0.15) is 21.7 Å². The number of nitrogens with one attached hydrogen (secondary N) is 1. The van der Waals surface area contributed by atoms with E-state index in [1.807, 2.05) is 31.2 Å². The lowest BCUT2D eigenvalue weighted by Crippen LogP contribution is -2.14. The number of hydrogen-bond donors (Lipinski definition) is 1. The molecule has 0 aliphatic rings. The van der Waals surface area contributed by atoms with Crippen molar-refractivity contribution in [2.45, 2.75) is 13.8 Å². The number of nitrogens with zero attached hydrogens (tertiary/aromatic N) is 2. The Morgan fingerprint density at radius 3 is 2.86 bits per heavy atom. The molecule has 0 fully saturated rings. The van der Waals surface area contributed by atoms with Crippen molar-refractivity contribution in [1.82, 2.24) is 9.97 Å². The van der Waals surface area contributed by atoms with Crippen LogP contribution in [0.3, 0.4) is 0 Å². The topological polar surface area (TPSA) is 64.1 Å². The fourth-order valence-corrected chi connectivity index (χ4v) is 2.09. The molecule has 1 aromatic carbocycles. The van der Waals surface area contributed by atoms with E-state index >= 15 is 0 Å². The Hall–Kier alpha value is -2.14. The molecule has 0 saturated carbocycles. The molecular weight excluding hydrogens is 290 g/mol. The van der Waals surface area contributed by atoms with Crippen LogP contribution in [0.15, 0.2) is 24.3 Å². The first kappa shape index (κ1) is 15.3. The van der Waals surface area contributed by atoms with Gasteiger partial charge in [0.2, 0.25) is 0 Å². The molecule has 0 amide bonds. The van der Waals surface area contributed by atoms with Crippen molar-refractivity contribution < 1.29 is 9.53 Å². The van der Waals surface area contributed by atoms with Crippen molar-refractivity contribution in [2.75, 3.05) is 18.5 Å². The normalized spacial score (nSPS) is 10.2. The van der Waals surface area contributed by atoms with Gasteiger partial charge in [0.05, 0.1) is 12.1 Å². The summed E-state index contributed by atoms with van der Waals surface area (Å²) >= 11 is 5.91. The Morgan fingerprint density at radius 2 is 2.14 bits per heavy atom. The van der Waals surface area contributed by atoms with Crippen molar-refractivity contribution >= 4 is 23.7 Å². The van der Waals surface area contributed by atoms with Crippen LogP contribution in [-0.2, 0) is 0 Å². The molecule has 0 radical (unpaired) electrons. The average molecular weight is 306 g/mol. The zero-order chi connectivity index (χ0) is 15.2. The summed E-state index contributed by atoms with van der Waals surface area (Å²) in [6.07, 6.45) is 0.644. The first-order valence-electron chi connectivity index (χ1n) is 6.53. The van der Waals surface area contributed by atoms with Gasteiger partial charge in [-0.2, -0.15) is 0 Å². The maximum atomic E-state index is 11.0. The van der Waals surface area contributed by atoms with Gasteiger partial charge in [-0.15, -0.1) is 0 Å². The maximum Gasteiger partial charge on any atom is 0.156 e. The largest absolute Gasteiger partial charge is 0.492 e. The molecule has 0 saturated heterocycles. The number of rotatable bonds is 6. The molecule has 5 nitrogen and oxygen atoms in total. The maximum absolute atomic E-state index is 11.0. The summed E-state index contributed by atoms with van der Waals surface area (Å²) in [6.45, 7) is 4.67. The minimum absolute atomic E-state index is 0.152. The number of ether oxygens (including phenoxy) is 1. The van der Waals surface area contributed by atoms with Crippen LogP contribution in [0.25, 0.3) is 0 Å². The molecule has 0 bridgehead atoms. The first-order valence-corrected chi connectivity index (χ1v) is 6.90. The molecule has 0 unspecified atom stereocenters. The summed E-state index contributed by atoms with van der Waals surface area (Å²) in [5.74, 6) is 1.74. The predicted octanol–water partition coefficient (Wildman–Crippen LogP) is 3.05. The van der Waals surface area contributed by atoms with E-state index in [2.05, 4.69) is 15.3 Å². The Morgan fingerprint density at radius 1 is 1.33 bits per heavy atom. The molecule has 2 aromatic rings. The molecule has 0 aliphatic heterocycles. The van der Waals surface area contributed by atoms with E-state index in [0.717, 1.165) is 11.3 Å². The van der Waals surface area contributed by atoms with Gasteiger partial charge in [0.25, 0.3) is 0 Å². The molecular formula is C15H16ClN3O2. The number of halogens is 1. The van der Waals surface area contributed by atoms with Crippen LogP contribution < -0.4 is 10.1 Å². The second-order valence-corrected chi connectivity index (χ2v) is 4.89. The van der Waals surface area contributed by atoms with Crippen molar-refractivity contribution in [1.29, 1.82) is 0 Å². The third-order valence-corrected chi connectivity index (χ3v) is 3.07. The summed E-state index contributed by atoms with van der Waals surface area (Å²) in [4.78, 5) is 19.1. The summed E-state index contributed by atoms with van der Waals surface area (Å²) < 4.78 is 5.62. The first-order chi connectivity index (χ1) is 10.1. The lowest BCUT2D eigenvalue weighted by molar-refractivity contribution is 0.112.